The monoisotopic (exact) mass is 473 g/mol. The topological polar surface area (TPSA) is 98.5 Å². The number of nitrogens with zero attached hydrogens (tertiary/aromatic N) is 5. The number of nitrogens with two attached hydrogens (primary N) is 1. The standard InChI is InChI=1S/C22H20F3N6OS/c1-12-14(11-27-2)17(26)6-5-15(12)22(24,25)21-29-28-20-9-7-18(30-31(20)21)13-4-8-19(33(3)32)16(23)10-13/h4-6,8,10-11H,3,7,9,26H2,1-2H3/q-1. The number of hydrogen-bond acceptors (Lipinski definition) is 7. The van der Waals surface area contributed by atoms with Gasteiger partial charge in [0, 0.05) is 42.1 Å². The van der Waals surface area contributed by atoms with Gasteiger partial charge in [-0.05, 0) is 31.0 Å². The van der Waals surface area contributed by atoms with Crippen molar-refractivity contribution >= 4 is 33.9 Å². The summed E-state index contributed by atoms with van der Waals surface area (Å²) in [6.07, 6.45) is 2.08. The molecule has 3 aromatic rings. The largest absolute Gasteiger partial charge is 0.457 e. The second-order valence-electron chi connectivity index (χ2n) is 7.49. The van der Waals surface area contributed by atoms with E-state index in [1.165, 1.54) is 50.5 Å². The first kappa shape index (κ1) is 22.7. The second kappa shape index (κ2) is 8.47. The summed E-state index contributed by atoms with van der Waals surface area (Å²) in [4.78, 5) is 3.85. The third-order valence-electron chi connectivity index (χ3n) is 5.45. The molecule has 1 aliphatic rings. The van der Waals surface area contributed by atoms with E-state index >= 15 is 8.78 Å². The van der Waals surface area contributed by atoms with Gasteiger partial charge < -0.3 is 9.94 Å². The molecule has 7 nitrogen and oxygen atoms in total. The van der Waals surface area contributed by atoms with Crippen LogP contribution in [0.25, 0.3) is 0 Å². The lowest BCUT2D eigenvalue weighted by molar-refractivity contribution is 0.0284. The van der Waals surface area contributed by atoms with E-state index in [9.17, 15) is 8.60 Å². The molecule has 2 N–H and O–H groups in total. The quantitative estimate of drug-likeness (QED) is 0.266. The Hall–Kier alpha value is -3.47. The molecular formula is C22H20F3N6OS-. The van der Waals surface area contributed by atoms with Gasteiger partial charge in [-0.3, -0.25) is 4.99 Å². The lowest BCUT2D eigenvalue weighted by Crippen LogP contribution is -2.25. The summed E-state index contributed by atoms with van der Waals surface area (Å²) in [6.45, 7) is 1.54. The fourth-order valence-electron chi connectivity index (χ4n) is 3.75. The van der Waals surface area contributed by atoms with Gasteiger partial charge in [0.25, 0.3) is 0 Å². The van der Waals surface area contributed by atoms with E-state index in [2.05, 4.69) is 26.2 Å². The van der Waals surface area contributed by atoms with E-state index in [1.807, 2.05) is 0 Å². The van der Waals surface area contributed by atoms with E-state index in [0.29, 0.717) is 35.4 Å². The first-order valence-corrected chi connectivity index (χ1v) is 11.2. The number of nitrogen functional groups attached to an aromatic ring is 1. The molecule has 4 rings (SSSR count). The Bertz CT molecular complexity index is 1380. The smallest absolute Gasteiger partial charge is 0.334 e. The first-order valence-electron chi connectivity index (χ1n) is 9.88. The van der Waals surface area contributed by atoms with Crippen molar-refractivity contribution < 1.29 is 17.4 Å². The summed E-state index contributed by atoms with van der Waals surface area (Å²) in [5.41, 5.74) is 7.40. The lowest BCUT2D eigenvalue weighted by atomic mass is 9.96. The molecule has 0 fully saturated rings. The molecule has 0 amide bonds. The van der Waals surface area contributed by atoms with E-state index in [-0.39, 0.29) is 21.8 Å². The van der Waals surface area contributed by atoms with E-state index in [0.717, 1.165) is 4.68 Å². The molecule has 2 aromatic carbocycles. The highest BCUT2D eigenvalue weighted by Crippen LogP contribution is 2.39. The summed E-state index contributed by atoms with van der Waals surface area (Å²) >= 11 is 0. The summed E-state index contributed by atoms with van der Waals surface area (Å²) in [5, 5.41) is 11.9. The number of fused-ring (bicyclic) bond motifs is 1. The van der Waals surface area contributed by atoms with Gasteiger partial charge in [0.15, 0.2) is 5.82 Å². The number of aliphatic imine (C=N–C) groups is 1. The van der Waals surface area contributed by atoms with Crippen molar-refractivity contribution in [2.24, 2.45) is 10.1 Å². The van der Waals surface area contributed by atoms with Crippen molar-refractivity contribution in [2.45, 2.75) is 30.6 Å². The Kier molecular flexibility index (Phi) is 5.83. The molecule has 1 aromatic heterocycles. The first-order chi connectivity index (χ1) is 15.6. The Balaban J connectivity index is 1.81. The number of aromatic nitrogens is 3. The normalized spacial score (nSPS) is 14.1. The van der Waals surface area contributed by atoms with Gasteiger partial charge in [0.05, 0.1) is 5.71 Å². The molecule has 0 aliphatic carbocycles. The number of alkyl halides is 2. The predicted octanol–water partition coefficient (Wildman–Crippen LogP) is 3.45. The van der Waals surface area contributed by atoms with Crippen LogP contribution in [-0.4, -0.2) is 39.7 Å². The predicted molar refractivity (Wildman–Crippen MR) is 122 cm³/mol. The molecule has 2 heterocycles. The van der Waals surface area contributed by atoms with Crippen molar-refractivity contribution in [3.63, 3.8) is 0 Å². The van der Waals surface area contributed by atoms with Crippen molar-refractivity contribution in [1.29, 1.82) is 0 Å². The number of halogens is 3. The summed E-state index contributed by atoms with van der Waals surface area (Å²) in [7, 11) is -0.209. The molecule has 0 radical (unpaired) electrons. The third-order valence-corrected chi connectivity index (χ3v) is 6.27. The van der Waals surface area contributed by atoms with Crippen LogP contribution in [0.5, 0.6) is 0 Å². The SMILES string of the molecule is C=[S-](=O)c1ccc(C2=Nn3c(nnc3C(F)(F)c3ccc(N)c(C=NC)c3C)CC2)cc1F. The molecule has 1 aliphatic heterocycles. The number of benzene rings is 2. The van der Waals surface area contributed by atoms with Crippen LogP contribution in [0.1, 0.15) is 40.3 Å². The number of rotatable bonds is 5. The molecule has 0 bridgehead atoms. The Morgan fingerprint density at radius 1 is 1.24 bits per heavy atom. The number of anilines is 1. The maximum absolute atomic E-state index is 15.7. The van der Waals surface area contributed by atoms with Gasteiger partial charge in [0.1, 0.15) is 5.82 Å². The molecule has 0 unspecified atom stereocenters. The van der Waals surface area contributed by atoms with Crippen molar-refractivity contribution in [3.8, 4) is 0 Å². The van der Waals surface area contributed by atoms with Crippen molar-refractivity contribution in [3.05, 3.63) is 70.1 Å². The van der Waals surface area contributed by atoms with E-state index < -0.39 is 28.0 Å². The van der Waals surface area contributed by atoms with Crippen LogP contribution in [0.2, 0.25) is 0 Å². The van der Waals surface area contributed by atoms with Gasteiger partial charge in [-0.2, -0.15) is 24.4 Å². The van der Waals surface area contributed by atoms with Gasteiger partial charge in [0.2, 0.25) is 5.82 Å². The summed E-state index contributed by atoms with van der Waals surface area (Å²) < 4.78 is 58.2. The number of aryl methyl sites for hydroxylation is 1. The minimum absolute atomic E-state index is 0.0439. The van der Waals surface area contributed by atoms with Crippen LogP contribution in [0.4, 0.5) is 18.9 Å². The van der Waals surface area contributed by atoms with E-state index in [4.69, 9.17) is 5.73 Å². The molecular weight excluding hydrogens is 453 g/mol. The maximum Gasteiger partial charge on any atom is 0.334 e. The second-order valence-corrected chi connectivity index (χ2v) is 8.62. The van der Waals surface area contributed by atoms with E-state index in [1.54, 1.807) is 0 Å². The fraction of sp³-hybridized carbons (Fsp3) is 0.227. The molecule has 0 saturated carbocycles. The zero-order valence-corrected chi connectivity index (χ0v) is 18.7. The lowest BCUT2D eigenvalue weighted by Gasteiger charge is -2.21. The Morgan fingerprint density at radius 2 is 2.00 bits per heavy atom. The van der Waals surface area contributed by atoms with Crippen LogP contribution in [0, 0.1) is 12.7 Å². The maximum atomic E-state index is 15.7. The van der Waals surface area contributed by atoms with Crippen LogP contribution in [0.3, 0.4) is 0 Å². The highest BCUT2D eigenvalue weighted by atomic mass is 32.2. The zero-order valence-electron chi connectivity index (χ0n) is 17.8. The highest BCUT2D eigenvalue weighted by molar-refractivity contribution is 7.82. The van der Waals surface area contributed by atoms with Gasteiger partial charge >= 0.3 is 5.92 Å². The van der Waals surface area contributed by atoms with Crippen LogP contribution < -0.4 is 5.73 Å². The average molecular weight is 474 g/mol. The van der Waals surface area contributed by atoms with Crippen LogP contribution in [0.15, 0.2) is 45.3 Å². The van der Waals surface area contributed by atoms with Crippen LogP contribution >= 0.6 is 0 Å². The summed E-state index contributed by atoms with van der Waals surface area (Å²) in [6, 6.07) is 6.70. The molecule has 11 heteroatoms. The number of hydrogen-bond donors (Lipinski definition) is 1. The zero-order chi connectivity index (χ0) is 23.9. The van der Waals surface area contributed by atoms with Gasteiger partial charge in [-0.25, -0.2) is 14.8 Å². The van der Waals surface area contributed by atoms with Crippen molar-refractivity contribution in [1.82, 2.24) is 14.9 Å². The van der Waals surface area contributed by atoms with Crippen molar-refractivity contribution in [2.75, 3.05) is 12.8 Å². The molecule has 172 valence electrons. The molecule has 0 saturated heterocycles. The Labute approximate surface area is 189 Å². The van der Waals surface area contributed by atoms with Gasteiger partial charge in [-0.15, -0.1) is 10.2 Å². The molecule has 0 atom stereocenters. The molecule has 33 heavy (non-hydrogen) atoms. The minimum Gasteiger partial charge on any atom is -0.457 e. The highest BCUT2D eigenvalue weighted by Gasteiger charge is 2.43. The third kappa shape index (κ3) is 3.92. The summed E-state index contributed by atoms with van der Waals surface area (Å²) in [5.74, 6) is -1.31. The Morgan fingerprint density at radius 3 is 2.67 bits per heavy atom. The average Bonchev–Trinajstić information content (AvgIpc) is 3.20. The minimum atomic E-state index is -3.54. The van der Waals surface area contributed by atoms with Gasteiger partial charge in [-0.1, -0.05) is 23.1 Å². The molecule has 0 spiro atoms. The van der Waals surface area contributed by atoms with Crippen LogP contribution in [-0.2, 0) is 26.9 Å². The fourth-order valence-corrected chi connectivity index (χ4v) is 4.24.